The van der Waals surface area contributed by atoms with Crippen molar-refractivity contribution in [1.82, 2.24) is 5.32 Å². The lowest BCUT2D eigenvalue weighted by molar-refractivity contribution is -0.113. The molecule has 6 N–H and O–H groups in total. The maximum absolute atomic E-state index is 9.30. The van der Waals surface area contributed by atoms with Gasteiger partial charge in [0.1, 0.15) is 18.3 Å². The van der Waals surface area contributed by atoms with Crippen LogP contribution in [0.3, 0.4) is 0 Å². The molecule has 0 saturated heterocycles. The number of nitrogens with one attached hydrogen (secondary N) is 1. The van der Waals surface area contributed by atoms with Gasteiger partial charge in [-0.1, -0.05) is 6.92 Å². The fourth-order valence-electron chi connectivity index (χ4n) is 0.976. The normalized spacial score (nSPS) is 20.1. The van der Waals surface area contributed by atoms with Crippen molar-refractivity contribution in [1.29, 1.82) is 0 Å². The summed E-state index contributed by atoms with van der Waals surface area (Å²) in [4.78, 5) is 0. The third-order valence-corrected chi connectivity index (χ3v) is 1.93. The van der Waals surface area contributed by atoms with E-state index in [1.54, 1.807) is 0 Å². The summed E-state index contributed by atoms with van der Waals surface area (Å²) in [5, 5.41) is 48.1. The van der Waals surface area contributed by atoms with Crippen LogP contribution in [0.5, 0.6) is 0 Å². The first-order chi connectivity index (χ1) is 6.54. The number of aliphatic hydroxyl groups is 5. The molecule has 0 aliphatic heterocycles. The largest absolute Gasteiger partial charge is 0.394 e. The topological polar surface area (TPSA) is 113 Å². The Labute approximate surface area is 82.8 Å². The predicted molar refractivity (Wildman–Crippen MR) is 49.7 cm³/mol. The van der Waals surface area contributed by atoms with Gasteiger partial charge in [-0.2, -0.15) is 0 Å². The molecular weight excluding hydrogens is 190 g/mol. The van der Waals surface area contributed by atoms with Gasteiger partial charge in [0, 0.05) is 6.54 Å². The Morgan fingerprint density at radius 2 is 1.50 bits per heavy atom. The number of hydrogen-bond donors (Lipinski definition) is 6. The molecule has 0 saturated carbocycles. The minimum absolute atomic E-state index is 0.118. The van der Waals surface area contributed by atoms with Crippen LogP contribution < -0.4 is 5.32 Å². The Morgan fingerprint density at radius 3 is 1.93 bits per heavy atom. The summed E-state index contributed by atoms with van der Waals surface area (Å²) in [5.41, 5.74) is 0. The number of rotatable bonds is 7. The van der Waals surface area contributed by atoms with Crippen molar-refractivity contribution in [2.75, 3.05) is 19.7 Å². The molecule has 4 atom stereocenters. The van der Waals surface area contributed by atoms with E-state index < -0.39 is 31.0 Å². The van der Waals surface area contributed by atoms with Crippen LogP contribution in [0.15, 0.2) is 0 Å². The first-order valence-corrected chi connectivity index (χ1v) is 4.58. The van der Waals surface area contributed by atoms with Gasteiger partial charge in [-0.3, -0.25) is 0 Å². The van der Waals surface area contributed by atoms with Gasteiger partial charge < -0.3 is 30.8 Å². The van der Waals surface area contributed by atoms with Crippen molar-refractivity contribution in [3.63, 3.8) is 0 Å². The van der Waals surface area contributed by atoms with Crippen molar-refractivity contribution >= 4 is 0 Å². The van der Waals surface area contributed by atoms with Crippen LogP contribution in [0.25, 0.3) is 0 Å². The Morgan fingerprint density at radius 1 is 1.00 bits per heavy atom. The lowest BCUT2D eigenvalue weighted by Gasteiger charge is -2.25. The molecule has 0 fully saturated rings. The van der Waals surface area contributed by atoms with Crippen molar-refractivity contribution < 1.29 is 25.5 Å². The van der Waals surface area contributed by atoms with Gasteiger partial charge in [-0.05, 0) is 6.54 Å². The van der Waals surface area contributed by atoms with Crippen LogP contribution in [-0.2, 0) is 0 Å². The van der Waals surface area contributed by atoms with E-state index in [2.05, 4.69) is 5.32 Å². The molecular formula is C8H19NO5. The second kappa shape index (κ2) is 7.10. The van der Waals surface area contributed by atoms with Crippen molar-refractivity contribution in [3.8, 4) is 0 Å². The summed E-state index contributed by atoms with van der Waals surface area (Å²) < 4.78 is 0. The Bertz CT molecular complexity index is 146. The van der Waals surface area contributed by atoms with Crippen LogP contribution in [0.1, 0.15) is 6.92 Å². The van der Waals surface area contributed by atoms with Crippen LogP contribution in [0.4, 0.5) is 0 Å². The van der Waals surface area contributed by atoms with Gasteiger partial charge in [-0.25, -0.2) is 0 Å². The van der Waals surface area contributed by atoms with Gasteiger partial charge in [0.15, 0.2) is 0 Å². The van der Waals surface area contributed by atoms with Gasteiger partial charge >= 0.3 is 0 Å². The maximum atomic E-state index is 9.30. The zero-order valence-electron chi connectivity index (χ0n) is 8.17. The van der Waals surface area contributed by atoms with E-state index >= 15 is 0 Å². The molecule has 0 aromatic carbocycles. The number of likely N-dealkylation sites (N-methyl/N-ethyl adjacent to an activating group) is 1. The van der Waals surface area contributed by atoms with Crippen molar-refractivity contribution in [2.24, 2.45) is 0 Å². The van der Waals surface area contributed by atoms with Crippen molar-refractivity contribution in [3.05, 3.63) is 0 Å². The molecule has 6 nitrogen and oxygen atoms in total. The predicted octanol–water partition coefficient (Wildman–Crippen LogP) is -2.97. The Hall–Kier alpha value is -0.240. The number of hydrogen-bond acceptors (Lipinski definition) is 6. The summed E-state index contributed by atoms with van der Waals surface area (Å²) >= 11 is 0. The van der Waals surface area contributed by atoms with E-state index in [1.165, 1.54) is 0 Å². The van der Waals surface area contributed by atoms with E-state index in [9.17, 15) is 15.3 Å². The summed E-state index contributed by atoms with van der Waals surface area (Å²) in [6.07, 6.45) is -5.64. The highest BCUT2D eigenvalue weighted by atomic mass is 16.4. The highest BCUT2D eigenvalue weighted by molar-refractivity contribution is 4.81. The molecule has 0 aliphatic rings. The summed E-state index contributed by atoms with van der Waals surface area (Å²) in [6, 6.07) is 0. The first kappa shape index (κ1) is 13.8. The van der Waals surface area contributed by atoms with Gasteiger partial charge in [0.05, 0.1) is 12.7 Å². The summed E-state index contributed by atoms with van der Waals surface area (Å²) in [5.74, 6) is 0. The third-order valence-electron chi connectivity index (χ3n) is 1.93. The van der Waals surface area contributed by atoms with Crippen LogP contribution in [0, 0.1) is 0 Å². The monoisotopic (exact) mass is 209 g/mol. The number of aliphatic hydroxyl groups excluding tert-OH is 5. The average Bonchev–Trinajstić information content (AvgIpc) is 2.22. The standard InChI is InChI=1S/C8H19NO5/c1-2-9-3-5(11)7(13)8(14)6(12)4-10/h5-14H,2-4H2,1H3. The van der Waals surface area contributed by atoms with Crippen LogP contribution in [-0.4, -0.2) is 69.6 Å². The van der Waals surface area contributed by atoms with E-state index in [4.69, 9.17) is 10.2 Å². The van der Waals surface area contributed by atoms with E-state index in [0.29, 0.717) is 6.54 Å². The highest BCUT2D eigenvalue weighted by Crippen LogP contribution is 2.04. The molecule has 0 heterocycles. The fourth-order valence-corrected chi connectivity index (χ4v) is 0.976. The molecule has 0 bridgehead atoms. The van der Waals surface area contributed by atoms with Gasteiger partial charge in [0.25, 0.3) is 0 Å². The maximum Gasteiger partial charge on any atom is 0.111 e. The smallest absolute Gasteiger partial charge is 0.111 e. The molecule has 6 heteroatoms. The minimum Gasteiger partial charge on any atom is -0.394 e. The molecule has 0 aromatic heterocycles. The minimum atomic E-state index is -1.55. The zero-order valence-corrected chi connectivity index (χ0v) is 8.17. The lowest BCUT2D eigenvalue weighted by Crippen LogP contribution is -2.49. The zero-order chi connectivity index (χ0) is 11.1. The average molecular weight is 209 g/mol. The molecule has 0 amide bonds. The molecule has 0 spiro atoms. The molecule has 86 valence electrons. The summed E-state index contributed by atoms with van der Waals surface area (Å²) in [6.45, 7) is 1.92. The van der Waals surface area contributed by atoms with Crippen molar-refractivity contribution in [2.45, 2.75) is 31.3 Å². The fraction of sp³-hybridized carbons (Fsp3) is 1.00. The third kappa shape index (κ3) is 4.32. The molecule has 0 aromatic rings. The molecule has 0 aliphatic carbocycles. The van der Waals surface area contributed by atoms with Crippen LogP contribution in [0.2, 0.25) is 0 Å². The lowest BCUT2D eigenvalue weighted by atomic mass is 10.0. The van der Waals surface area contributed by atoms with Gasteiger partial charge in [0.2, 0.25) is 0 Å². The van der Waals surface area contributed by atoms with E-state index in [1.807, 2.05) is 6.92 Å². The van der Waals surface area contributed by atoms with E-state index in [-0.39, 0.29) is 6.54 Å². The highest BCUT2D eigenvalue weighted by Gasteiger charge is 2.29. The van der Waals surface area contributed by atoms with Crippen LogP contribution >= 0.6 is 0 Å². The molecule has 14 heavy (non-hydrogen) atoms. The van der Waals surface area contributed by atoms with Gasteiger partial charge in [-0.15, -0.1) is 0 Å². The Balaban J connectivity index is 3.95. The quantitative estimate of drug-likeness (QED) is 0.267. The Kier molecular flexibility index (Phi) is 6.98. The first-order valence-electron chi connectivity index (χ1n) is 4.58. The molecule has 0 radical (unpaired) electrons. The summed E-state index contributed by atoms with van der Waals surface area (Å²) in [7, 11) is 0. The second-order valence-corrected chi connectivity index (χ2v) is 3.11. The van der Waals surface area contributed by atoms with E-state index in [0.717, 1.165) is 0 Å². The molecule has 4 unspecified atom stereocenters. The second-order valence-electron chi connectivity index (χ2n) is 3.11. The molecule has 0 rings (SSSR count). The SMILES string of the molecule is CCNCC(O)C(O)C(O)C(O)CO.